The van der Waals surface area contributed by atoms with E-state index in [1.54, 1.807) is 30.3 Å². The molecule has 0 radical (unpaired) electrons. The van der Waals surface area contributed by atoms with Crippen molar-refractivity contribution in [2.75, 3.05) is 51.7 Å². The van der Waals surface area contributed by atoms with Crippen LogP contribution >= 0.6 is 0 Å². The summed E-state index contributed by atoms with van der Waals surface area (Å²) >= 11 is 0. The molecule has 3 aromatic rings. The van der Waals surface area contributed by atoms with E-state index in [1.807, 2.05) is 55.4 Å². The van der Waals surface area contributed by atoms with Crippen LogP contribution in [0.5, 0.6) is 0 Å². The Labute approximate surface area is 241 Å². The highest BCUT2D eigenvalue weighted by Gasteiger charge is 2.39. The van der Waals surface area contributed by atoms with Crippen LogP contribution < -0.4 is 4.90 Å². The minimum Gasteiger partial charge on any atom is -0.371 e. The van der Waals surface area contributed by atoms with Gasteiger partial charge in [0.1, 0.15) is 5.82 Å². The molecule has 1 saturated heterocycles. The predicted octanol–water partition coefficient (Wildman–Crippen LogP) is 4.47. The highest BCUT2D eigenvalue weighted by atomic mass is 19.1. The Kier molecular flexibility index (Phi) is 8.78. The van der Waals surface area contributed by atoms with Crippen molar-refractivity contribution in [1.29, 1.82) is 0 Å². The van der Waals surface area contributed by atoms with Gasteiger partial charge in [0, 0.05) is 45.2 Å². The van der Waals surface area contributed by atoms with E-state index in [0.717, 1.165) is 17.8 Å². The second-order valence-electron chi connectivity index (χ2n) is 11.1. The van der Waals surface area contributed by atoms with Crippen LogP contribution in [0.3, 0.4) is 0 Å². The number of amides is 3. The smallest absolute Gasteiger partial charge is 0.263 e. The molecule has 2 aliphatic rings. The number of fused-ring (bicyclic) bond motifs is 1. The van der Waals surface area contributed by atoms with Gasteiger partial charge in [-0.05, 0) is 62.7 Å². The van der Waals surface area contributed by atoms with Crippen molar-refractivity contribution in [2.24, 2.45) is 5.92 Å². The third kappa shape index (κ3) is 6.33. The molecule has 7 nitrogen and oxygen atoms in total. The monoisotopic (exact) mass is 556 g/mol. The number of anilines is 1. The fraction of sp³-hybridized carbons (Fsp3) is 0.364. The second kappa shape index (κ2) is 12.6. The number of piperidine rings is 1. The van der Waals surface area contributed by atoms with Crippen LogP contribution in [0.2, 0.25) is 0 Å². The minimum atomic E-state index is -0.342. The second-order valence-corrected chi connectivity index (χ2v) is 11.1. The van der Waals surface area contributed by atoms with Crippen LogP contribution in [-0.4, -0.2) is 79.2 Å². The van der Waals surface area contributed by atoms with Gasteiger partial charge >= 0.3 is 0 Å². The van der Waals surface area contributed by atoms with E-state index < -0.39 is 0 Å². The van der Waals surface area contributed by atoms with Gasteiger partial charge < -0.3 is 14.7 Å². The zero-order valence-electron chi connectivity index (χ0n) is 23.8. The first kappa shape index (κ1) is 28.5. The van der Waals surface area contributed by atoms with Crippen LogP contribution in [0, 0.1) is 11.7 Å². The molecule has 0 atom stereocenters. The molecule has 41 heavy (non-hydrogen) atoms. The standard InChI is InChI=1S/C33H37FN4O3/c1-35(2)21-22-37(23-24-9-4-3-5-10-24)31(39)26-15-18-36(19-16-26)29-14-8-12-27-30(29)33(41)38(32(27)40)20-17-25-11-6-7-13-28(25)34/h3-14,26H,15-23H2,1-2H3. The molecule has 1 fully saturated rings. The summed E-state index contributed by atoms with van der Waals surface area (Å²) in [6.45, 7) is 3.39. The number of hydrogen-bond donors (Lipinski definition) is 0. The van der Waals surface area contributed by atoms with Crippen molar-refractivity contribution in [3.8, 4) is 0 Å². The summed E-state index contributed by atoms with van der Waals surface area (Å²) in [6, 6.07) is 21.9. The van der Waals surface area contributed by atoms with Gasteiger partial charge in [-0.3, -0.25) is 19.3 Å². The zero-order valence-corrected chi connectivity index (χ0v) is 23.8. The molecule has 0 N–H and O–H groups in total. The number of likely N-dealkylation sites (N-methyl/N-ethyl adjacent to an activating group) is 1. The fourth-order valence-corrected chi connectivity index (χ4v) is 5.73. The maximum Gasteiger partial charge on any atom is 0.263 e. The molecule has 0 aliphatic carbocycles. The molecule has 0 spiro atoms. The van der Waals surface area contributed by atoms with E-state index in [9.17, 15) is 18.8 Å². The summed E-state index contributed by atoms with van der Waals surface area (Å²) in [7, 11) is 4.02. The maximum atomic E-state index is 14.1. The first-order valence-corrected chi connectivity index (χ1v) is 14.3. The van der Waals surface area contributed by atoms with Gasteiger partial charge in [0.25, 0.3) is 11.8 Å². The fourth-order valence-electron chi connectivity index (χ4n) is 5.73. The molecular weight excluding hydrogens is 519 g/mol. The molecule has 214 valence electrons. The van der Waals surface area contributed by atoms with E-state index in [2.05, 4.69) is 9.80 Å². The largest absolute Gasteiger partial charge is 0.371 e. The van der Waals surface area contributed by atoms with Gasteiger partial charge in [0.05, 0.1) is 16.8 Å². The molecule has 3 amide bonds. The first-order valence-electron chi connectivity index (χ1n) is 14.3. The number of carbonyl (C=O) groups excluding carboxylic acids is 3. The van der Waals surface area contributed by atoms with Gasteiger partial charge in [-0.15, -0.1) is 0 Å². The maximum absolute atomic E-state index is 14.1. The summed E-state index contributed by atoms with van der Waals surface area (Å²) in [5.41, 5.74) is 3.11. The third-order valence-corrected chi connectivity index (χ3v) is 8.07. The topological polar surface area (TPSA) is 64.2 Å². The summed E-state index contributed by atoms with van der Waals surface area (Å²) in [4.78, 5) is 47.7. The number of rotatable bonds is 10. The average molecular weight is 557 g/mol. The van der Waals surface area contributed by atoms with Crippen molar-refractivity contribution in [1.82, 2.24) is 14.7 Å². The highest BCUT2D eigenvalue weighted by molar-refractivity contribution is 6.23. The van der Waals surface area contributed by atoms with Crippen molar-refractivity contribution in [2.45, 2.75) is 25.8 Å². The van der Waals surface area contributed by atoms with Gasteiger partial charge in [0.2, 0.25) is 5.91 Å². The summed E-state index contributed by atoms with van der Waals surface area (Å²) in [5, 5.41) is 0. The number of carbonyl (C=O) groups is 3. The molecule has 2 aliphatic heterocycles. The SMILES string of the molecule is CN(C)CCN(Cc1ccccc1)C(=O)C1CCN(c2cccc3c2C(=O)N(CCc2ccccc2F)C3=O)CC1. The lowest BCUT2D eigenvalue weighted by Crippen LogP contribution is -2.44. The van der Waals surface area contributed by atoms with E-state index in [0.29, 0.717) is 55.7 Å². The van der Waals surface area contributed by atoms with Gasteiger partial charge in [-0.2, -0.15) is 0 Å². The Morgan fingerprint density at radius 1 is 0.878 bits per heavy atom. The highest BCUT2D eigenvalue weighted by Crippen LogP contribution is 2.34. The Balaban J connectivity index is 1.26. The van der Waals surface area contributed by atoms with Crippen molar-refractivity contribution < 1.29 is 18.8 Å². The first-order chi connectivity index (χ1) is 19.8. The molecule has 0 saturated carbocycles. The van der Waals surface area contributed by atoms with E-state index in [4.69, 9.17) is 0 Å². The lowest BCUT2D eigenvalue weighted by atomic mass is 9.93. The van der Waals surface area contributed by atoms with Gasteiger partial charge in [0.15, 0.2) is 0 Å². The number of nitrogens with zero attached hydrogens (tertiary/aromatic N) is 4. The van der Waals surface area contributed by atoms with Crippen molar-refractivity contribution in [3.63, 3.8) is 0 Å². The van der Waals surface area contributed by atoms with E-state index in [1.165, 1.54) is 11.0 Å². The van der Waals surface area contributed by atoms with E-state index in [-0.39, 0.29) is 42.4 Å². The van der Waals surface area contributed by atoms with Crippen LogP contribution in [0.4, 0.5) is 10.1 Å². The third-order valence-electron chi connectivity index (χ3n) is 8.07. The summed E-state index contributed by atoms with van der Waals surface area (Å²) < 4.78 is 14.1. The Morgan fingerprint density at radius 3 is 2.29 bits per heavy atom. The van der Waals surface area contributed by atoms with Crippen LogP contribution in [-0.2, 0) is 17.8 Å². The number of halogens is 1. The average Bonchev–Trinajstić information content (AvgIpc) is 3.24. The van der Waals surface area contributed by atoms with Crippen molar-refractivity contribution >= 4 is 23.4 Å². The number of benzene rings is 3. The summed E-state index contributed by atoms with van der Waals surface area (Å²) in [5.74, 6) is -0.951. The van der Waals surface area contributed by atoms with Gasteiger partial charge in [-0.25, -0.2) is 4.39 Å². The lowest BCUT2D eigenvalue weighted by Gasteiger charge is -2.36. The Bertz CT molecular complexity index is 1400. The minimum absolute atomic E-state index is 0.0940. The molecular formula is C33H37FN4O3. The van der Waals surface area contributed by atoms with Crippen molar-refractivity contribution in [3.05, 3.63) is 101 Å². The molecule has 0 aromatic heterocycles. The van der Waals surface area contributed by atoms with Crippen LogP contribution in [0.15, 0.2) is 72.8 Å². The molecule has 5 rings (SSSR count). The van der Waals surface area contributed by atoms with Gasteiger partial charge in [-0.1, -0.05) is 54.6 Å². The Hall–Kier alpha value is -4.04. The number of imide groups is 1. The molecule has 3 aromatic carbocycles. The number of hydrogen-bond acceptors (Lipinski definition) is 5. The quantitative estimate of drug-likeness (QED) is 0.345. The molecule has 0 unspecified atom stereocenters. The molecule has 8 heteroatoms. The van der Waals surface area contributed by atoms with Crippen LogP contribution in [0.25, 0.3) is 0 Å². The normalized spacial score (nSPS) is 15.5. The molecule has 2 heterocycles. The molecule has 0 bridgehead atoms. The van der Waals surface area contributed by atoms with Crippen LogP contribution in [0.1, 0.15) is 44.7 Å². The summed E-state index contributed by atoms with van der Waals surface area (Å²) in [6.07, 6.45) is 1.61. The zero-order chi connectivity index (χ0) is 28.9. The Morgan fingerprint density at radius 2 is 1.59 bits per heavy atom. The lowest BCUT2D eigenvalue weighted by molar-refractivity contribution is -0.137. The van der Waals surface area contributed by atoms with E-state index >= 15 is 0 Å². The predicted molar refractivity (Wildman–Crippen MR) is 157 cm³/mol.